The first-order valence-corrected chi connectivity index (χ1v) is 13.8. The molecule has 0 saturated carbocycles. The molecule has 0 radical (unpaired) electrons. The van der Waals surface area contributed by atoms with Crippen LogP contribution in [0.5, 0.6) is 11.5 Å². The van der Waals surface area contributed by atoms with Gasteiger partial charge in [0.1, 0.15) is 17.3 Å². The molecule has 6 heteroatoms. The predicted molar refractivity (Wildman–Crippen MR) is 152 cm³/mol. The van der Waals surface area contributed by atoms with Crippen LogP contribution < -0.4 is 10.3 Å². The summed E-state index contributed by atoms with van der Waals surface area (Å²) in [4.78, 5) is 22.6. The maximum absolute atomic E-state index is 14.2. The fourth-order valence-electron chi connectivity index (χ4n) is 5.22. The van der Waals surface area contributed by atoms with Gasteiger partial charge in [0.15, 0.2) is 0 Å². The van der Waals surface area contributed by atoms with Crippen molar-refractivity contribution in [2.45, 2.75) is 32.5 Å². The largest absolute Gasteiger partial charge is 0.456 e. The van der Waals surface area contributed by atoms with Crippen molar-refractivity contribution in [3.63, 3.8) is 0 Å². The summed E-state index contributed by atoms with van der Waals surface area (Å²) in [6, 6.07) is 32.1. The molecule has 0 N–H and O–H groups in total. The Hall–Kier alpha value is -4.00. The molecule has 3 aromatic carbocycles. The Morgan fingerprint density at radius 1 is 0.895 bits per heavy atom. The normalized spacial score (nSPS) is 13.4. The average Bonchev–Trinajstić information content (AvgIpc) is 3.39. The summed E-state index contributed by atoms with van der Waals surface area (Å²) in [7, 11) is 0. The Balaban J connectivity index is 1.32. The molecule has 5 aromatic rings. The number of fused-ring (bicyclic) bond motifs is 1. The molecule has 0 atom stereocenters. The van der Waals surface area contributed by atoms with Crippen molar-refractivity contribution in [3.05, 3.63) is 146 Å². The highest BCUT2D eigenvalue weighted by Crippen LogP contribution is 2.32. The van der Waals surface area contributed by atoms with Crippen molar-refractivity contribution in [1.82, 2.24) is 14.5 Å². The molecule has 3 heterocycles. The fourth-order valence-corrected chi connectivity index (χ4v) is 6.06. The van der Waals surface area contributed by atoms with E-state index in [1.165, 1.54) is 0 Å². The second-order valence-electron chi connectivity index (χ2n) is 9.57. The van der Waals surface area contributed by atoms with Crippen LogP contribution in [0.25, 0.3) is 0 Å². The quantitative estimate of drug-likeness (QED) is 0.243. The van der Waals surface area contributed by atoms with E-state index >= 15 is 0 Å². The lowest BCUT2D eigenvalue weighted by Gasteiger charge is -2.30. The van der Waals surface area contributed by atoms with Gasteiger partial charge in [-0.2, -0.15) is 0 Å². The van der Waals surface area contributed by atoms with Crippen LogP contribution in [-0.4, -0.2) is 21.0 Å². The van der Waals surface area contributed by atoms with E-state index in [2.05, 4.69) is 34.5 Å². The van der Waals surface area contributed by atoms with Crippen LogP contribution in [0.3, 0.4) is 0 Å². The van der Waals surface area contributed by atoms with Crippen molar-refractivity contribution in [2.24, 2.45) is 0 Å². The Kier molecular flexibility index (Phi) is 6.90. The molecule has 1 aliphatic rings. The van der Waals surface area contributed by atoms with Gasteiger partial charge in [0, 0.05) is 26.1 Å². The summed E-state index contributed by atoms with van der Waals surface area (Å²) in [6.07, 6.45) is 0.758. The lowest BCUT2D eigenvalue weighted by Crippen LogP contribution is -2.40. The number of rotatable bonds is 7. The Morgan fingerprint density at radius 3 is 2.18 bits per heavy atom. The third-order valence-corrected chi connectivity index (χ3v) is 7.94. The van der Waals surface area contributed by atoms with Crippen LogP contribution in [-0.2, 0) is 19.5 Å². The van der Waals surface area contributed by atoms with Gasteiger partial charge in [-0.05, 0) is 41.6 Å². The zero-order chi connectivity index (χ0) is 25.9. The lowest BCUT2D eigenvalue weighted by atomic mass is 9.97. The van der Waals surface area contributed by atoms with Gasteiger partial charge in [-0.25, -0.2) is 4.98 Å². The molecule has 2 aromatic heterocycles. The summed E-state index contributed by atoms with van der Waals surface area (Å²) < 4.78 is 8.03. The predicted octanol–water partition coefficient (Wildman–Crippen LogP) is 6.60. The minimum Gasteiger partial charge on any atom is -0.456 e. The average molecular weight is 520 g/mol. The van der Waals surface area contributed by atoms with Crippen molar-refractivity contribution < 1.29 is 4.74 Å². The maximum Gasteiger partial charge on any atom is 0.259 e. The Morgan fingerprint density at radius 2 is 1.53 bits per heavy atom. The minimum absolute atomic E-state index is 0.0434. The van der Waals surface area contributed by atoms with Gasteiger partial charge in [0.05, 0.1) is 22.2 Å². The molecule has 0 fully saturated rings. The fraction of sp³-hybridized carbons (Fsp3) is 0.188. The van der Waals surface area contributed by atoms with E-state index in [0.29, 0.717) is 6.54 Å². The summed E-state index contributed by atoms with van der Waals surface area (Å²) in [5, 5.41) is 2.06. The summed E-state index contributed by atoms with van der Waals surface area (Å²) >= 11 is 1.69. The van der Waals surface area contributed by atoms with Gasteiger partial charge in [-0.3, -0.25) is 14.3 Å². The molecule has 0 amide bonds. The van der Waals surface area contributed by atoms with Gasteiger partial charge in [0.2, 0.25) is 0 Å². The minimum atomic E-state index is -0.235. The third kappa shape index (κ3) is 4.93. The standard InChI is InChI=1S/C32H29N3O2S/c1-23-33-28-17-19-34(22-30-29(18-20-38-30)37-26-15-9-4-10-16-26)21-27(28)32(36)35(23)31(24-11-5-2-6-12-24)25-13-7-3-8-14-25/h2-16,18,20,31H,17,19,21-22H2,1H3. The van der Waals surface area contributed by atoms with Gasteiger partial charge in [-0.15, -0.1) is 11.3 Å². The summed E-state index contributed by atoms with van der Waals surface area (Å²) in [6.45, 7) is 4.10. The van der Waals surface area contributed by atoms with Crippen LogP contribution in [0, 0.1) is 6.92 Å². The van der Waals surface area contributed by atoms with E-state index in [1.807, 2.05) is 84.3 Å². The van der Waals surface area contributed by atoms with Crippen LogP contribution in [0.2, 0.25) is 0 Å². The smallest absolute Gasteiger partial charge is 0.259 e. The number of nitrogens with zero attached hydrogens (tertiary/aromatic N) is 3. The van der Waals surface area contributed by atoms with Crippen molar-refractivity contribution >= 4 is 11.3 Å². The number of hydrogen-bond donors (Lipinski definition) is 0. The summed E-state index contributed by atoms with van der Waals surface area (Å²) in [5.74, 6) is 2.45. The molecule has 0 unspecified atom stereocenters. The number of ether oxygens (including phenoxy) is 1. The molecular formula is C32H29N3O2S. The highest BCUT2D eigenvalue weighted by Gasteiger charge is 2.27. The highest BCUT2D eigenvalue weighted by atomic mass is 32.1. The number of benzene rings is 3. The zero-order valence-corrected chi connectivity index (χ0v) is 22.1. The number of aryl methyl sites for hydroxylation is 1. The number of hydrogen-bond acceptors (Lipinski definition) is 5. The maximum atomic E-state index is 14.2. The summed E-state index contributed by atoms with van der Waals surface area (Å²) in [5.41, 5.74) is 3.90. The second kappa shape index (κ2) is 10.8. The van der Waals surface area contributed by atoms with Crippen LogP contribution in [0.15, 0.2) is 107 Å². The molecule has 6 rings (SSSR count). The SMILES string of the molecule is Cc1nc2c(c(=O)n1C(c1ccccc1)c1ccccc1)CN(Cc1sccc1Oc1ccccc1)CC2. The molecular weight excluding hydrogens is 490 g/mol. The molecule has 0 bridgehead atoms. The third-order valence-electron chi connectivity index (χ3n) is 7.05. The van der Waals surface area contributed by atoms with Crippen LogP contribution in [0.1, 0.15) is 39.1 Å². The Bertz CT molecular complexity index is 1540. The molecule has 38 heavy (non-hydrogen) atoms. The zero-order valence-electron chi connectivity index (χ0n) is 21.3. The van der Waals surface area contributed by atoms with E-state index in [-0.39, 0.29) is 11.6 Å². The van der Waals surface area contributed by atoms with E-state index in [9.17, 15) is 4.79 Å². The van der Waals surface area contributed by atoms with Crippen molar-refractivity contribution in [2.75, 3.05) is 6.54 Å². The first-order valence-electron chi connectivity index (χ1n) is 12.9. The van der Waals surface area contributed by atoms with Gasteiger partial charge >= 0.3 is 0 Å². The monoisotopic (exact) mass is 519 g/mol. The van der Waals surface area contributed by atoms with Gasteiger partial charge in [0.25, 0.3) is 5.56 Å². The van der Waals surface area contributed by atoms with E-state index in [0.717, 1.165) is 64.1 Å². The number of thiophene rings is 1. The number of aromatic nitrogens is 2. The Labute approximate surface area is 226 Å². The number of para-hydroxylation sites is 1. The van der Waals surface area contributed by atoms with Crippen molar-refractivity contribution in [3.8, 4) is 11.5 Å². The highest BCUT2D eigenvalue weighted by molar-refractivity contribution is 7.10. The lowest BCUT2D eigenvalue weighted by molar-refractivity contribution is 0.240. The van der Waals surface area contributed by atoms with E-state index in [4.69, 9.17) is 9.72 Å². The molecule has 1 aliphatic heterocycles. The van der Waals surface area contributed by atoms with Crippen LogP contribution in [0.4, 0.5) is 0 Å². The molecule has 0 saturated heterocycles. The molecule has 5 nitrogen and oxygen atoms in total. The first-order chi connectivity index (χ1) is 18.7. The molecule has 0 aliphatic carbocycles. The van der Waals surface area contributed by atoms with Gasteiger partial charge in [-0.1, -0.05) is 78.9 Å². The molecule has 190 valence electrons. The van der Waals surface area contributed by atoms with Gasteiger partial charge < -0.3 is 4.74 Å². The first kappa shape index (κ1) is 24.3. The van der Waals surface area contributed by atoms with E-state index in [1.54, 1.807) is 11.3 Å². The molecule has 0 spiro atoms. The van der Waals surface area contributed by atoms with Crippen molar-refractivity contribution in [1.29, 1.82) is 0 Å². The topological polar surface area (TPSA) is 47.4 Å². The van der Waals surface area contributed by atoms with Crippen LogP contribution >= 0.6 is 11.3 Å². The van der Waals surface area contributed by atoms with E-state index < -0.39 is 0 Å². The second-order valence-corrected chi connectivity index (χ2v) is 10.6.